The number of benzene rings is 2. The van der Waals surface area contributed by atoms with Crippen LogP contribution in [0.4, 0.5) is 18.9 Å². The van der Waals surface area contributed by atoms with Gasteiger partial charge in [-0.05, 0) is 49.6 Å². The van der Waals surface area contributed by atoms with Crippen molar-refractivity contribution in [2.45, 2.75) is 30.8 Å². The Morgan fingerprint density at radius 2 is 1.73 bits per heavy atom. The fourth-order valence-electron chi connectivity index (χ4n) is 3.40. The van der Waals surface area contributed by atoms with E-state index in [9.17, 15) is 26.4 Å². The van der Waals surface area contributed by atoms with Crippen molar-refractivity contribution in [3.05, 3.63) is 58.6 Å². The number of sulfonamides is 1. The van der Waals surface area contributed by atoms with Crippen molar-refractivity contribution in [1.29, 1.82) is 0 Å². The van der Waals surface area contributed by atoms with Crippen LogP contribution in [0.5, 0.6) is 0 Å². The highest BCUT2D eigenvalue weighted by Gasteiger charge is 2.40. The second kappa shape index (κ2) is 8.56. The molecule has 1 aliphatic heterocycles. The number of rotatable bonds is 4. The number of carbonyl (C=O) groups excluding carboxylic acids is 1. The molecule has 0 unspecified atom stereocenters. The van der Waals surface area contributed by atoms with Gasteiger partial charge in [0.05, 0.1) is 10.5 Å². The first-order valence-electron chi connectivity index (χ1n) is 9.24. The molecule has 5 nitrogen and oxygen atoms in total. The van der Waals surface area contributed by atoms with E-state index in [4.69, 9.17) is 11.6 Å². The smallest absolute Gasteiger partial charge is 0.326 e. The monoisotopic (exact) mass is 460 g/mol. The summed E-state index contributed by atoms with van der Waals surface area (Å²) in [6.07, 6.45) is -4.37. The first kappa shape index (κ1) is 22.6. The van der Waals surface area contributed by atoms with Crippen LogP contribution in [0.25, 0.3) is 0 Å². The van der Waals surface area contributed by atoms with E-state index < -0.39 is 32.6 Å². The Balaban J connectivity index is 1.71. The van der Waals surface area contributed by atoms with Gasteiger partial charge in [0.25, 0.3) is 0 Å². The predicted octanol–water partition coefficient (Wildman–Crippen LogP) is 4.71. The second-order valence-electron chi connectivity index (χ2n) is 7.07. The quantitative estimate of drug-likeness (QED) is 0.718. The molecule has 0 radical (unpaired) electrons. The molecule has 2 aromatic carbocycles. The summed E-state index contributed by atoms with van der Waals surface area (Å²) in [4.78, 5) is 11.8. The number of halogens is 4. The van der Waals surface area contributed by atoms with Crippen molar-refractivity contribution in [1.82, 2.24) is 4.31 Å². The third-order valence-electron chi connectivity index (χ3n) is 5.16. The molecule has 0 spiro atoms. The molecule has 0 bridgehead atoms. The minimum atomic E-state index is -4.78. The number of amides is 1. The van der Waals surface area contributed by atoms with E-state index in [0.717, 1.165) is 28.1 Å². The number of piperidine rings is 1. The highest BCUT2D eigenvalue weighted by molar-refractivity contribution is 7.89. The number of nitrogens with one attached hydrogen (secondary N) is 1. The Bertz CT molecular complexity index is 1050. The third kappa shape index (κ3) is 4.63. The molecule has 1 saturated heterocycles. The molecule has 0 saturated carbocycles. The zero-order valence-electron chi connectivity index (χ0n) is 16.0. The van der Waals surface area contributed by atoms with Crippen molar-refractivity contribution in [2.24, 2.45) is 5.92 Å². The topological polar surface area (TPSA) is 66.5 Å². The molecule has 1 heterocycles. The minimum absolute atomic E-state index is 0.0405. The first-order valence-corrected chi connectivity index (χ1v) is 11.1. The average molecular weight is 461 g/mol. The summed E-state index contributed by atoms with van der Waals surface area (Å²) in [6.45, 7) is 1.69. The maximum atomic E-state index is 13.2. The number of hydrogen-bond donors (Lipinski definition) is 1. The van der Waals surface area contributed by atoms with Gasteiger partial charge in [-0.1, -0.05) is 29.8 Å². The van der Waals surface area contributed by atoms with Gasteiger partial charge in [-0.15, -0.1) is 0 Å². The van der Waals surface area contributed by atoms with Gasteiger partial charge in [0.15, 0.2) is 0 Å². The van der Waals surface area contributed by atoms with E-state index in [1.807, 2.05) is 0 Å². The standard InChI is InChI=1S/C20H20ClF3N2O3S/c1-13-16(21)6-4-7-17(13)25-19(27)14-9-11-26(12-10-14)30(28,29)18-8-3-2-5-15(18)20(22,23)24/h2-8,14H,9-12H2,1H3,(H,25,27). The van der Waals surface area contributed by atoms with Crippen LogP contribution < -0.4 is 5.32 Å². The molecular weight excluding hydrogens is 441 g/mol. The van der Waals surface area contributed by atoms with E-state index in [1.54, 1.807) is 25.1 Å². The van der Waals surface area contributed by atoms with Gasteiger partial charge in [-0.3, -0.25) is 4.79 Å². The molecule has 1 aliphatic rings. The van der Waals surface area contributed by atoms with Gasteiger partial charge in [-0.25, -0.2) is 8.42 Å². The average Bonchev–Trinajstić information content (AvgIpc) is 2.71. The fourth-order valence-corrected chi connectivity index (χ4v) is 5.26. The lowest BCUT2D eigenvalue weighted by molar-refractivity contribution is -0.139. The van der Waals surface area contributed by atoms with Gasteiger partial charge in [0, 0.05) is 29.7 Å². The summed E-state index contributed by atoms with van der Waals surface area (Å²) in [7, 11) is -4.33. The number of nitrogens with zero attached hydrogens (tertiary/aromatic N) is 1. The number of carbonyl (C=O) groups is 1. The second-order valence-corrected chi connectivity index (χ2v) is 9.39. The molecule has 2 aromatic rings. The van der Waals surface area contributed by atoms with Crippen molar-refractivity contribution in [3.63, 3.8) is 0 Å². The molecule has 30 heavy (non-hydrogen) atoms. The van der Waals surface area contributed by atoms with E-state index >= 15 is 0 Å². The zero-order chi connectivity index (χ0) is 22.1. The van der Waals surface area contributed by atoms with Crippen LogP contribution in [0, 0.1) is 12.8 Å². The van der Waals surface area contributed by atoms with Crippen LogP contribution in [-0.4, -0.2) is 31.7 Å². The van der Waals surface area contributed by atoms with E-state index in [-0.39, 0.29) is 31.8 Å². The molecule has 0 aliphatic carbocycles. The van der Waals surface area contributed by atoms with Crippen LogP contribution in [0.1, 0.15) is 24.0 Å². The molecule has 0 atom stereocenters. The zero-order valence-corrected chi connectivity index (χ0v) is 17.6. The van der Waals surface area contributed by atoms with Gasteiger partial charge >= 0.3 is 6.18 Å². The lowest BCUT2D eigenvalue weighted by Gasteiger charge is -2.31. The largest absolute Gasteiger partial charge is 0.417 e. The van der Waals surface area contributed by atoms with E-state index in [0.29, 0.717) is 10.7 Å². The summed E-state index contributed by atoms with van der Waals surface area (Å²) in [5.41, 5.74) is 0.0965. The Hall–Kier alpha value is -2.10. The Morgan fingerprint density at radius 3 is 2.37 bits per heavy atom. The van der Waals surface area contributed by atoms with Crippen LogP contribution in [0.3, 0.4) is 0 Å². The SMILES string of the molecule is Cc1c(Cl)cccc1NC(=O)C1CCN(S(=O)(=O)c2ccccc2C(F)(F)F)CC1. The van der Waals surface area contributed by atoms with Crippen molar-refractivity contribution < 1.29 is 26.4 Å². The van der Waals surface area contributed by atoms with E-state index in [1.165, 1.54) is 6.07 Å². The fraction of sp³-hybridized carbons (Fsp3) is 0.350. The van der Waals surface area contributed by atoms with E-state index in [2.05, 4.69) is 5.32 Å². The first-order chi connectivity index (χ1) is 14.0. The maximum Gasteiger partial charge on any atom is 0.417 e. The summed E-state index contributed by atoms with van der Waals surface area (Å²) in [6, 6.07) is 9.24. The molecule has 10 heteroatoms. The summed E-state index contributed by atoms with van der Waals surface area (Å²) in [5.74, 6) is -0.721. The molecule has 1 N–H and O–H groups in total. The lowest BCUT2D eigenvalue weighted by atomic mass is 9.97. The minimum Gasteiger partial charge on any atom is -0.326 e. The van der Waals surface area contributed by atoms with Gasteiger partial charge in [0.2, 0.25) is 15.9 Å². The normalized spacial score (nSPS) is 16.4. The molecule has 0 aromatic heterocycles. The number of alkyl halides is 3. The summed E-state index contributed by atoms with van der Waals surface area (Å²) < 4.78 is 66.3. The third-order valence-corrected chi connectivity index (χ3v) is 7.53. The Kier molecular flexibility index (Phi) is 6.45. The van der Waals surface area contributed by atoms with Gasteiger partial charge in [-0.2, -0.15) is 17.5 Å². The van der Waals surface area contributed by atoms with Crippen LogP contribution in [0.2, 0.25) is 5.02 Å². The molecular formula is C20H20ClF3N2O3S. The summed E-state index contributed by atoms with van der Waals surface area (Å²) >= 11 is 6.05. The highest BCUT2D eigenvalue weighted by Crippen LogP contribution is 2.36. The van der Waals surface area contributed by atoms with Crippen molar-refractivity contribution >= 4 is 33.2 Å². The highest BCUT2D eigenvalue weighted by atomic mass is 35.5. The van der Waals surface area contributed by atoms with Crippen molar-refractivity contribution in [2.75, 3.05) is 18.4 Å². The molecule has 162 valence electrons. The predicted molar refractivity (Wildman–Crippen MR) is 108 cm³/mol. The van der Waals surface area contributed by atoms with Crippen LogP contribution in [-0.2, 0) is 21.0 Å². The number of hydrogen-bond acceptors (Lipinski definition) is 3. The van der Waals surface area contributed by atoms with Crippen LogP contribution in [0.15, 0.2) is 47.4 Å². The van der Waals surface area contributed by atoms with Gasteiger partial charge < -0.3 is 5.32 Å². The molecule has 1 fully saturated rings. The Labute approximate surface area is 177 Å². The Morgan fingerprint density at radius 1 is 1.10 bits per heavy atom. The van der Waals surface area contributed by atoms with Crippen molar-refractivity contribution in [3.8, 4) is 0 Å². The number of anilines is 1. The van der Waals surface area contributed by atoms with Crippen LogP contribution >= 0.6 is 11.6 Å². The lowest BCUT2D eigenvalue weighted by Crippen LogP contribution is -2.42. The summed E-state index contributed by atoms with van der Waals surface area (Å²) in [5, 5.41) is 3.31. The van der Waals surface area contributed by atoms with Gasteiger partial charge in [0.1, 0.15) is 0 Å². The molecule has 3 rings (SSSR count). The molecule has 1 amide bonds. The maximum absolute atomic E-state index is 13.2.